The molecule has 1 aromatic rings. The predicted molar refractivity (Wildman–Crippen MR) is 72.1 cm³/mol. The standard InChI is InChI=1S/C13H24N4O/c1-9-10(2)16-17(11(9)3)8-6-5-7-13(4,15)12(14)18/h5-8,15H2,1-4H3,(H2,14,18). The first-order chi connectivity index (χ1) is 8.25. The first kappa shape index (κ1) is 14.7. The number of nitrogens with two attached hydrogens (primary N) is 2. The van der Waals surface area contributed by atoms with Crippen LogP contribution in [0.1, 0.15) is 43.1 Å². The summed E-state index contributed by atoms with van der Waals surface area (Å²) in [5.74, 6) is -0.440. The zero-order chi connectivity index (χ0) is 13.9. The minimum Gasteiger partial charge on any atom is -0.368 e. The smallest absolute Gasteiger partial charge is 0.237 e. The van der Waals surface area contributed by atoms with E-state index in [0.29, 0.717) is 6.42 Å². The molecule has 1 aromatic heterocycles. The van der Waals surface area contributed by atoms with Gasteiger partial charge < -0.3 is 11.5 Å². The largest absolute Gasteiger partial charge is 0.368 e. The maximum absolute atomic E-state index is 11.1. The highest BCUT2D eigenvalue weighted by Crippen LogP contribution is 2.14. The molecule has 102 valence electrons. The second-order valence-electron chi connectivity index (χ2n) is 5.26. The fourth-order valence-electron chi connectivity index (χ4n) is 1.88. The topological polar surface area (TPSA) is 86.9 Å². The van der Waals surface area contributed by atoms with Crippen LogP contribution in [0.3, 0.4) is 0 Å². The molecule has 0 aliphatic rings. The Morgan fingerprint density at radius 3 is 2.39 bits per heavy atom. The van der Waals surface area contributed by atoms with Gasteiger partial charge in [-0.3, -0.25) is 9.48 Å². The molecule has 0 radical (unpaired) electrons. The summed E-state index contributed by atoms with van der Waals surface area (Å²) in [6.07, 6.45) is 2.43. The third-order valence-electron chi connectivity index (χ3n) is 3.62. The average molecular weight is 252 g/mol. The van der Waals surface area contributed by atoms with Gasteiger partial charge in [-0.25, -0.2) is 0 Å². The van der Waals surface area contributed by atoms with Gasteiger partial charge >= 0.3 is 0 Å². The molecule has 0 saturated heterocycles. The van der Waals surface area contributed by atoms with Crippen LogP contribution in [0.2, 0.25) is 0 Å². The van der Waals surface area contributed by atoms with Crippen LogP contribution < -0.4 is 11.5 Å². The van der Waals surface area contributed by atoms with E-state index >= 15 is 0 Å². The van der Waals surface area contributed by atoms with Gasteiger partial charge in [0.1, 0.15) is 0 Å². The van der Waals surface area contributed by atoms with Crippen molar-refractivity contribution in [2.75, 3.05) is 0 Å². The second kappa shape index (κ2) is 5.52. The lowest BCUT2D eigenvalue weighted by atomic mass is 9.95. The predicted octanol–water partition coefficient (Wildman–Crippen LogP) is 1.18. The van der Waals surface area contributed by atoms with E-state index in [-0.39, 0.29) is 0 Å². The van der Waals surface area contributed by atoms with Gasteiger partial charge in [0.2, 0.25) is 5.91 Å². The Morgan fingerprint density at radius 2 is 1.94 bits per heavy atom. The van der Waals surface area contributed by atoms with Gasteiger partial charge in [0.05, 0.1) is 11.2 Å². The summed E-state index contributed by atoms with van der Waals surface area (Å²) in [6, 6.07) is 0. The number of aryl methyl sites for hydroxylation is 2. The number of hydrogen-bond acceptors (Lipinski definition) is 3. The molecule has 0 aliphatic heterocycles. The lowest BCUT2D eigenvalue weighted by Crippen LogP contribution is -2.49. The average Bonchev–Trinajstić information content (AvgIpc) is 2.52. The number of hydrogen-bond donors (Lipinski definition) is 2. The van der Waals surface area contributed by atoms with Crippen molar-refractivity contribution in [1.82, 2.24) is 9.78 Å². The number of nitrogens with zero attached hydrogens (tertiary/aromatic N) is 2. The summed E-state index contributed by atoms with van der Waals surface area (Å²) in [7, 11) is 0. The number of carbonyl (C=O) groups excluding carboxylic acids is 1. The van der Waals surface area contributed by atoms with E-state index in [4.69, 9.17) is 11.5 Å². The van der Waals surface area contributed by atoms with Crippen molar-refractivity contribution in [3.63, 3.8) is 0 Å². The lowest BCUT2D eigenvalue weighted by molar-refractivity contribution is -0.122. The highest BCUT2D eigenvalue weighted by atomic mass is 16.1. The normalized spacial score (nSPS) is 14.5. The van der Waals surface area contributed by atoms with Gasteiger partial charge in [-0.15, -0.1) is 0 Å². The van der Waals surface area contributed by atoms with Crippen molar-refractivity contribution >= 4 is 5.91 Å². The summed E-state index contributed by atoms with van der Waals surface area (Å²) in [4.78, 5) is 11.1. The van der Waals surface area contributed by atoms with Crippen LogP contribution in [0.25, 0.3) is 0 Å². The molecule has 0 aliphatic carbocycles. The van der Waals surface area contributed by atoms with E-state index in [0.717, 1.165) is 25.1 Å². The molecule has 0 spiro atoms. The molecule has 0 saturated carbocycles. The van der Waals surface area contributed by atoms with E-state index in [1.54, 1.807) is 6.92 Å². The van der Waals surface area contributed by atoms with Crippen LogP contribution in [-0.2, 0) is 11.3 Å². The van der Waals surface area contributed by atoms with Crippen molar-refractivity contribution in [2.24, 2.45) is 11.5 Å². The molecule has 1 unspecified atom stereocenters. The Bertz CT molecular complexity index is 434. The van der Waals surface area contributed by atoms with Crippen molar-refractivity contribution < 1.29 is 4.79 Å². The van der Waals surface area contributed by atoms with E-state index in [9.17, 15) is 4.79 Å². The molecule has 1 rings (SSSR count). The zero-order valence-electron chi connectivity index (χ0n) is 11.8. The van der Waals surface area contributed by atoms with Crippen LogP contribution in [0.15, 0.2) is 0 Å². The molecule has 5 heteroatoms. The molecule has 0 bridgehead atoms. The summed E-state index contributed by atoms with van der Waals surface area (Å²) in [5, 5.41) is 4.47. The van der Waals surface area contributed by atoms with Gasteiger partial charge in [0.15, 0.2) is 0 Å². The fourth-order valence-corrected chi connectivity index (χ4v) is 1.88. The van der Waals surface area contributed by atoms with Crippen LogP contribution in [-0.4, -0.2) is 21.2 Å². The van der Waals surface area contributed by atoms with Gasteiger partial charge in [-0.1, -0.05) is 0 Å². The van der Waals surface area contributed by atoms with Crippen molar-refractivity contribution in [1.29, 1.82) is 0 Å². The summed E-state index contributed by atoms with van der Waals surface area (Å²) in [5.41, 5.74) is 13.7. The second-order valence-corrected chi connectivity index (χ2v) is 5.26. The quantitative estimate of drug-likeness (QED) is 0.745. The Balaban J connectivity index is 2.43. The van der Waals surface area contributed by atoms with Crippen molar-refractivity contribution in [2.45, 2.75) is 59.0 Å². The van der Waals surface area contributed by atoms with Gasteiger partial charge in [-0.05, 0) is 52.5 Å². The van der Waals surface area contributed by atoms with Gasteiger partial charge in [0, 0.05) is 12.2 Å². The molecule has 18 heavy (non-hydrogen) atoms. The Kier molecular flexibility index (Phi) is 4.51. The minimum atomic E-state index is -0.898. The lowest BCUT2D eigenvalue weighted by Gasteiger charge is -2.19. The molecule has 4 N–H and O–H groups in total. The molecule has 1 atom stereocenters. The number of carbonyl (C=O) groups is 1. The van der Waals surface area contributed by atoms with Gasteiger partial charge in [-0.2, -0.15) is 5.10 Å². The summed E-state index contributed by atoms with van der Waals surface area (Å²) >= 11 is 0. The number of unbranched alkanes of at least 4 members (excludes halogenated alkanes) is 1. The van der Waals surface area contributed by atoms with Crippen molar-refractivity contribution in [3.8, 4) is 0 Å². The van der Waals surface area contributed by atoms with Crippen molar-refractivity contribution in [3.05, 3.63) is 17.0 Å². The first-order valence-electron chi connectivity index (χ1n) is 6.35. The molecular formula is C13H24N4O. The molecule has 1 amide bonds. The molecular weight excluding hydrogens is 228 g/mol. The van der Waals surface area contributed by atoms with Gasteiger partial charge in [0.25, 0.3) is 0 Å². The fraction of sp³-hybridized carbons (Fsp3) is 0.692. The first-order valence-corrected chi connectivity index (χ1v) is 6.35. The Hall–Kier alpha value is -1.36. The molecule has 0 aromatic carbocycles. The Labute approximate surface area is 109 Å². The number of amides is 1. The highest BCUT2D eigenvalue weighted by Gasteiger charge is 2.24. The van der Waals surface area contributed by atoms with Crippen LogP contribution in [0.5, 0.6) is 0 Å². The minimum absolute atomic E-state index is 0.440. The number of rotatable bonds is 6. The highest BCUT2D eigenvalue weighted by molar-refractivity contribution is 5.83. The van der Waals surface area contributed by atoms with E-state index in [1.165, 1.54) is 11.3 Å². The third-order valence-corrected chi connectivity index (χ3v) is 3.62. The maximum Gasteiger partial charge on any atom is 0.237 e. The van der Waals surface area contributed by atoms with E-state index in [1.807, 2.05) is 11.6 Å². The summed E-state index contributed by atoms with van der Waals surface area (Å²) in [6.45, 7) is 8.71. The molecule has 1 heterocycles. The monoisotopic (exact) mass is 252 g/mol. The third kappa shape index (κ3) is 3.32. The van der Waals surface area contributed by atoms with Crippen LogP contribution in [0.4, 0.5) is 0 Å². The SMILES string of the molecule is Cc1nn(CCCCC(C)(N)C(N)=O)c(C)c1C. The number of primary amides is 1. The van der Waals surface area contributed by atoms with E-state index in [2.05, 4.69) is 18.9 Å². The molecule has 5 nitrogen and oxygen atoms in total. The Morgan fingerprint density at radius 1 is 1.33 bits per heavy atom. The maximum atomic E-state index is 11.1. The molecule has 0 fully saturated rings. The summed E-state index contributed by atoms with van der Waals surface area (Å²) < 4.78 is 2.02. The van der Waals surface area contributed by atoms with E-state index < -0.39 is 11.4 Å². The zero-order valence-corrected chi connectivity index (χ0v) is 11.8. The number of aromatic nitrogens is 2. The van der Waals surface area contributed by atoms with Crippen LogP contribution >= 0.6 is 0 Å². The van der Waals surface area contributed by atoms with Crippen LogP contribution in [0, 0.1) is 20.8 Å².